The third-order valence-corrected chi connectivity index (χ3v) is 3.80. The van der Waals surface area contributed by atoms with Crippen molar-refractivity contribution >= 4 is 39.1 Å². The van der Waals surface area contributed by atoms with Gasteiger partial charge in [0.2, 0.25) is 0 Å². The van der Waals surface area contributed by atoms with Gasteiger partial charge in [-0.05, 0) is 55.3 Å². The van der Waals surface area contributed by atoms with Crippen molar-refractivity contribution in [1.82, 2.24) is 0 Å². The summed E-state index contributed by atoms with van der Waals surface area (Å²) < 4.78 is 6.99. The van der Waals surface area contributed by atoms with Crippen molar-refractivity contribution in [2.75, 3.05) is 0 Å². The Morgan fingerprint density at radius 3 is 2.32 bits per heavy atom. The van der Waals surface area contributed by atoms with Crippen LogP contribution in [0.3, 0.4) is 0 Å². The quantitative estimate of drug-likeness (QED) is 0.588. The number of benzene rings is 2. The lowest BCUT2D eigenvalue weighted by atomic mass is 10.1. The second-order valence-corrected chi connectivity index (χ2v) is 5.98. The first-order chi connectivity index (χ1) is 9.01. The van der Waals surface area contributed by atoms with Gasteiger partial charge in [-0.2, -0.15) is 0 Å². The first-order valence-corrected chi connectivity index (χ1v) is 7.51. The van der Waals surface area contributed by atoms with Gasteiger partial charge in [0.05, 0.1) is 5.88 Å². The van der Waals surface area contributed by atoms with Gasteiger partial charge in [-0.25, -0.2) is 0 Å². The second kappa shape index (κ2) is 6.17. The summed E-state index contributed by atoms with van der Waals surface area (Å²) in [6, 6.07) is 9.59. The summed E-state index contributed by atoms with van der Waals surface area (Å²) in [7, 11) is 0. The van der Waals surface area contributed by atoms with E-state index < -0.39 is 0 Å². The fourth-order valence-electron chi connectivity index (χ4n) is 1.92. The average molecular weight is 360 g/mol. The Bertz CT molecular complexity index is 588. The largest absolute Gasteiger partial charge is 0.456 e. The predicted octanol–water partition coefficient (Wildman–Crippen LogP) is 6.25. The minimum absolute atomic E-state index is 0.403. The summed E-state index contributed by atoms with van der Waals surface area (Å²) in [6.07, 6.45) is 0. The molecule has 0 aromatic heterocycles. The third kappa shape index (κ3) is 3.44. The van der Waals surface area contributed by atoms with E-state index in [1.807, 2.05) is 44.2 Å². The highest BCUT2D eigenvalue weighted by atomic mass is 79.9. The number of ether oxygens (including phenoxy) is 1. The van der Waals surface area contributed by atoms with Crippen molar-refractivity contribution in [3.63, 3.8) is 0 Å². The van der Waals surface area contributed by atoms with Gasteiger partial charge in [0.25, 0.3) is 0 Å². The molecule has 0 bridgehead atoms. The Balaban J connectivity index is 2.42. The highest BCUT2D eigenvalue weighted by molar-refractivity contribution is 9.10. The van der Waals surface area contributed by atoms with E-state index in [1.165, 1.54) is 0 Å². The molecule has 2 aromatic carbocycles. The second-order valence-electron chi connectivity index (χ2n) is 4.36. The predicted molar refractivity (Wildman–Crippen MR) is 84.7 cm³/mol. The first kappa shape index (κ1) is 14.7. The fraction of sp³-hybridized carbons (Fsp3) is 0.200. The molecule has 2 aromatic rings. The van der Waals surface area contributed by atoms with Gasteiger partial charge in [0, 0.05) is 15.1 Å². The smallest absolute Gasteiger partial charge is 0.133 e. The van der Waals surface area contributed by atoms with E-state index in [0.29, 0.717) is 5.88 Å². The molecule has 2 rings (SSSR count). The highest BCUT2D eigenvalue weighted by Crippen LogP contribution is 2.34. The van der Waals surface area contributed by atoms with E-state index in [1.54, 1.807) is 0 Å². The zero-order chi connectivity index (χ0) is 14.0. The monoisotopic (exact) mass is 358 g/mol. The molecule has 0 fully saturated rings. The zero-order valence-corrected chi connectivity index (χ0v) is 13.7. The molecule has 100 valence electrons. The number of hydrogen-bond acceptors (Lipinski definition) is 1. The molecule has 0 N–H and O–H groups in total. The van der Waals surface area contributed by atoms with Gasteiger partial charge in [0.15, 0.2) is 0 Å². The molecule has 19 heavy (non-hydrogen) atoms. The van der Waals surface area contributed by atoms with Gasteiger partial charge in [-0.3, -0.25) is 0 Å². The van der Waals surface area contributed by atoms with Crippen molar-refractivity contribution in [2.45, 2.75) is 19.7 Å². The molecular formula is C15H13BrCl2O. The van der Waals surface area contributed by atoms with Crippen LogP contribution in [0.2, 0.25) is 5.02 Å². The molecule has 0 spiro atoms. The molecule has 0 saturated heterocycles. The first-order valence-electron chi connectivity index (χ1n) is 5.80. The minimum Gasteiger partial charge on any atom is -0.456 e. The summed E-state index contributed by atoms with van der Waals surface area (Å²) in [5.74, 6) is 2.00. The topological polar surface area (TPSA) is 9.23 Å². The average Bonchev–Trinajstić information content (AvgIpc) is 2.35. The van der Waals surface area contributed by atoms with Gasteiger partial charge in [-0.1, -0.05) is 27.5 Å². The van der Waals surface area contributed by atoms with Crippen molar-refractivity contribution in [1.29, 1.82) is 0 Å². The van der Waals surface area contributed by atoms with Crippen LogP contribution < -0.4 is 4.74 Å². The van der Waals surface area contributed by atoms with Crippen LogP contribution in [-0.2, 0) is 5.88 Å². The molecule has 1 nitrogen and oxygen atoms in total. The van der Waals surface area contributed by atoms with Crippen molar-refractivity contribution in [3.05, 3.63) is 56.5 Å². The lowest BCUT2D eigenvalue weighted by Crippen LogP contribution is -1.94. The van der Waals surface area contributed by atoms with Gasteiger partial charge in [0.1, 0.15) is 11.5 Å². The summed E-state index contributed by atoms with van der Waals surface area (Å²) in [5.41, 5.74) is 2.96. The maximum atomic E-state index is 6.02. The number of halogens is 3. The SMILES string of the molecule is Cc1cc(Cl)cc(C)c1Oc1ccc(Br)cc1CCl. The van der Waals surface area contributed by atoms with Crippen LogP contribution in [0.25, 0.3) is 0 Å². The van der Waals surface area contributed by atoms with Gasteiger partial charge >= 0.3 is 0 Å². The van der Waals surface area contributed by atoms with Crippen molar-refractivity contribution < 1.29 is 4.74 Å². The van der Waals surface area contributed by atoms with Crippen LogP contribution >= 0.6 is 39.1 Å². The fourth-order valence-corrected chi connectivity index (χ4v) is 2.87. The summed E-state index contributed by atoms with van der Waals surface area (Å²) in [6.45, 7) is 3.96. The summed E-state index contributed by atoms with van der Waals surface area (Å²) in [5, 5.41) is 0.718. The molecule has 0 atom stereocenters. The van der Waals surface area contributed by atoms with E-state index in [4.69, 9.17) is 27.9 Å². The van der Waals surface area contributed by atoms with Crippen molar-refractivity contribution in [3.8, 4) is 11.5 Å². The molecule has 0 aliphatic rings. The van der Waals surface area contributed by atoms with Gasteiger partial charge in [-0.15, -0.1) is 11.6 Å². The Hall–Kier alpha value is -0.700. The zero-order valence-electron chi connectivity index (χ0n) is 10.6. The molecule has 0 saturated carbocycles. The maximum Gasteiger partial charge on any atom is 0.133 e. The Kier molecular flexibility index (Phi) is 4.77. The van der Waals surface area contributed by atoms with Crippen LogP contribution in [0.5, 0.6) is 11.5 Å². The van der Waals surface area contributed by atoms with E-state index in [2.05, 4.69) is 15.9 Å². The minimum atomic E-state index is 0.403. The number of aryl methyl sites for hydroxylation is 2. The number of rotatable bonds is 3. The molecule has 0 radical (unpaired) electrons. The molecular weight excluding hydrogens is 347 g/mol. The van der Waals surface area contributed by atoms with E-state index in [9.17, 15) is 0 Å². The van der Waals surface area contributed by atoms with Crippen LogP contribution in [0, 0.1) is 13.8 Å². The molecule has 0 amide bonds. The summed E-state index contributed by atoms with van der Waals surface area (Å²) >= 11 is 15.4. The normalized spacial score (nSPS) is 10.6. The Morgan fingerprint density at radius 2 is 1.74 bits per heavy atom. The van der Waals surface area contributed by atoms with E-state index >= 15 is 0 Å². The van der Waals surface area contributed by atoms with Crippen LogP contribution in [0.15, 0.2) is 34.8 Å². The molecule has 0 unspecified atom stereocenters. The third-order valence-electron chi connectivity index (χ3n) is 2.80. The molecule has 0 aliphatic heterocycles. The van der Waals surface area contributed by atoms with E-state index in [-0.39, 0.29) is 0 Å². The van der Waals surface area contributed by atoms with Crippen molar-refractivity contribution in [2.24, 2.45) is 0 Å². The molecule has 4 heteroatoms. The Labute approximate surface area is 131 Å². The van der Waals surface area contributed by atoms with Crippen LogP contribution in [-0.4, -0.2) is 0 Å². The molecule has 0 heterocycles. The number of hydrogen-bond donors (Lipinski definition) is 0. The highest BCUT2D eigenvalue weighted by Gasteiger charge is 2.10. The molecule has 0 aliphatic carbocycles. The lowest BCUT2D eigenvalue weighted by molar-refractivity contribution is 0.471. The summed E-state index contributed by atoms with van der Waals surface area (Å²) in [4.78, 5) is 0. The Morgan fingerprint density at radius 1 is 1.11 bits per heavy atom. The maximum absolute atomic E-state index is 6.02. The number of alkyl halides is 1. The lowest BCUT2D eigenvalue weighted by Gasteiger charge is -2.14. The standard InChI is InChI=1S/C15H13BrCl2O/c1-9-5-13(18)6-10(2)15(9)19-14-4-3-12(16)7-11(14)8-17/h3-7H,8H2,1-2H3. The van der Waals surface area contributed by atoms with Crippen LogP contribution in [0.1, 0.15) is 16.7 Å². The van der Waals surface area contributed by atoms with E-state index in [0.717, 1.165) is 37.7 Å². The van der Waals surface area contributed by atoms with Crippen LogP contribution in [0.4, 0.5) is 0 Å². The van der Waals surface area contributed by atoms with Gasteiger partial charge < -0.3 is 4.74 Å².